The molecule has 1 aromatic rings. The van der Waals surface area contributed by atoms with Crippen LogP contribution in [0.5, 0.6) is 0 Å². The molecule has 1 heterocycles. The highest BCUT2D eigenvalue weighted by molar-refractivity contribution is 5.88. The van der Waals surface area contributed by atoms with Crippen molar-refractivity contribution in [2.75, 3.05) is 6.54 Å². The molecule has 0 spiro atoms. The SMILES string of the molecule is CCCC[C@H](N[C@@H](C)C(=O)N1C[C@@H](NC(=O)C[C@H](N)Cc2cc(F)c(F)cc2F)C[C@H]1C(=O)O)C(=O)O. The zero-order valence-corrected chi connectivity index (χ0v) is 20.7. The molecular weight excluding hydrogens is 497 g/mol. The van der Waals surface area contributed by atoms with Crippen molar-refractivity contribution >= 4 is 23.8 Å². The molecule has 1 fully saturated rings. The second kappa shape index (κ2) is 13.4. The quantitative estimate of drug-likeness (QED) is 0.237. The minimum atomic E-state index is -1.34. The van der Waals surface area contributed by atoms with Gasteiger partial charge in [-0.2, -0.15) is 0 Å². The molecule has 1 saturated heterocycles. The molecule has 0 aromatic heterocycles. The Kier molecular flexibility index (Phi) is 10.9. The van der Waals surface area contributed by atoms with Crippen molar-refractivity contribution in [3.63, 3.8) is 0 Å². The Morgan fingerprint density at radius 1 is 1.14 bits per heavy atom. The van der Waals surface area contributed by atoms with E-state index in [-0.39, 0.29) is 31.4 Å². The van der Waals surface area contributed by atoms with E-state index in [1.807, 2.05) is 6.92 Å². The molecule has 206 valence electrons. The predicted octanol–water partition coefficient (Wildman–Crippen LogP) is 1.16. The molecule has 5 atom stereocenters. The van der Waals surface area contributed by atoms with Gasteiger partial charge in [0.25, 0.3) is 0 Å². The number of nitrogens with two attached hydrogens (primary N) is 1. The van der Waals surface area contributed by atoms with Gasteiger partial charge in [0, 0.05) is 37.5 Å². The second-order valence-corrected chi connectivity index (χ2v) is 9.29. The van der Waals surface area contributed by atoms with Gasteiger partial charge in [0.15, 0.2) is 11.6 Å². The minimum Gasteiger partial charge on any atom is -0.480 e. The molecular formula is C24H33F3N4O6. The molecule has 0 saturated carbocycles. The lowest BCUT2D eigenvalue weighted by atomic mass is 10.0. The number of nitrogens with zero attached hydrogens (tertiary/aromatic N) is 1. The maximum Gasteiger partial charge on any atom is 0.326 e. The molecule has 0 unspecified atom stereocenters. The zero-order valence-electron chi connectivity index (χ0n) is 20.7. The van der Waals surface area contributed by atoms with E-state index in [0.717, 1.165) is 11.3 Å². The van der Waals surface area contributed by atoms with Gasteiger partial charge in [0.2, 0.25) is 11.8 Å². The van der Waals surface area contributed by atoms with Crippen molar-refractivity contribution in [1.82, 2.24) is 15.5 Å². The predicted molar refractivity (Wildman–Crippen MR) is 126 cm³/mol. The van der Waals surface area contributed by atoms with Crippen LogP contribution in [0.3, 0.4) is 0 Å². The largest absolute Gasteiger partial charge is 0.480 e. The fourth-order valence-corrected chi connectivity index (χ4v) is 4.33. The van der Waals surface area contributed by atoms with E-state index < -0.39 is 71.4 Å². The summed E-state index contributed by atoms with van der Waals surface area (Å²) < 4.78 is 40.3. The molecule has 1 aliphatic rings. The van der Waals surface area contributed by atoms with Crippen LogP contribution in [0.2, 0.25) is 0 Å². The lowest BCUT2D eigenvalue weighted by Gasteiger charge is -2.27. The highest BCUT2D eigenvalue weighted by Crippen LogP contribution is 2.21. The standard InChI is InChI=1S/C24H33F3N4O6/c1-3-4-5-19(23(34)35)29-12(2)22(33)31-11-15(9-20(31)24(36)37)30-21(32)8-14(28)6-13-7-17(26)18(27)10-16(13)25/h7,10,12,14-15,19-20,29H,3-6,8-9,11,28H2,1-2H3,(H,30,32)(H,34,35)(H,36,37)/t12-,14+,15-,19-,20-/m0/s1. The first-order chi connectivity index (χ1) is 17.3. The van der Waals surface area contributed by atoms with Gasteiger partial charge in [-0.3, -0.25) is 19.7 Å². The number of carbonyl (C=O) groups is 4. The average Bonchev–Trinajstić information content (AvgIpc) is 3.23. The Bertz CT molecular complexity index is 1010. The third kappa shape index (κ3) is 8.42. The Hall–Kier alpha value is -3.19. The Labute approximate surface area is 212 Å². The summed E-state index contributed by atoms with van der Waals surface area (Å²) in [6.07, 6.45) is 1.07. The number of carbonyl (C=O) groups excluding carboxylic acids is 2. The van der Waals surface area contributed by atoms with Crippen LogP contribution in [0, 0.1) is 17.5 Å². The van der Waals surface area contributed by atoms with Gasteiger partial charge < -0.3 is 26.2 Å². The summed E-state index contributed by atoms with van der Waals surface area (Å²) in [6, 6.07) is -3.76. The van der Waals surface area contributed by atoms with Gasteiger partial charge in [-0.1, -0.05) is 19.8 Å². The highest BCUT2D eigenvalue weighted by atomic mass is 19.2. The number of nitrogens with one attached hydrogen (secondary N) is 2. The molecule has 1 aromatic carbocycles. The first-order valence-electron chi connectivity index (χ1n) is 12.0. The molecule has 13 heteroatoms. The number of rotatable bonds is 13. The topological polar surface area (TPSA) is 162 Å². The number of carboxylic acids is 2. The highest BCUT2D eigenvalue weighted by Gasteiger charge is 2.42. The molecule has 37 heavy (non-hydrogen) atoms. The molecule has 2 amide bonds. The molecule has 6 N–H and O–H groups in total. The maximum absolute atomic E-state index is 13.8. The molecule has 1 aliphatic heterocycles. The van der Waals surface area contributed by atoms with Crippen LogP contribution in [0.1, 0.15) is 51.5 Å². The number of halogens is 3. The first-order valence-corrected chi connectivity index (χ1v) is 12.0. The van der Waals surface area contributed by atoms with Crippen LogP contribution in [-0.4, -0.2) is 75.6 Å². The van der Waals surface area contributed by atoms with Crippen molar-refractivity contribution in [2.45, 2.75) is 82.6 Å². The van der Waals surface area contributed by atoms with Crippen LogP contribution in [0.4, 0.5) is 13.2 Å². The summed E-state index contributed by atoms with van der Waals surface area (Å²) in [4.78, 5) is 49.8. The number of unbranched alkanes of at least 4 members (excludes halogenated alkanes) is 1. The number of amides is 2. The van der Waals surface area contributed by atoms with Crippen LogP contribution in [-0.2, 0) is 25.6 Å². The lowest BCUT2D eigenvalue weighted by Crippen LogP contribution is -2.53. The third-order valence-electron chi connectivity index (χ3n) is 6.22. The van der Waals surface area contributed by atoms with Crippen LogP contribution < -0.4 is 16.4 Å². The number of aliphatic carboxylic acids is 2. The normalized spacial score (nSPS) is 19.8. The molecule has 0 bridgehead atoms. The van der Waals surface area contributed by atoms with E-state index in [1.165, 1.54) is 6.92 Å². The lowest BCUT2D eigenvalue weighted by molar-refractivity contribution is -0.149. The monoisotopic (exact) mass is 530 g/mol. The summed E-state index contributed by atoms with van der Waals surface area (Å²) in [5.41, 5.74) is 5.68. The van der Waals surface area contributed by atoms with Gasteiger partial charge >= 0.3 is 11.9 Å². The van der Waals surface area contributed by atoms with Gasteiger partial charge in [-0.25, -0.2) is 18.0 Å². The Morgan fingerprint density at radius 3 is 2.38 bits per heavy atom. The molecule has 0 aliphatic carbocycles. The van der Waals surface area contributed by atoms with Gasteiger partial charge in [0.05, 0.1) is 6.04 Å². The summed E-state index contributed by atoms with van der Waals surface area (Å²) in [6.45, 7) is 3.23. The number of benzene rings is 1. The fourth-order valence-electron chi connectivity index (χ4n) is 4.33. The summed E-state index contributed by atoms with van der Waals surface area (Å²) in [7, 11) is 0. The van der Waals surface area contributed by atoms with Gasteiger partial charge in [-0.15, -0.1) is 0 Å². The van der Waals surface area contributed by atoms with Gasteiger partial charge in [0.1, 0.15) is 17.9 Å². The van der Waals surface area contributed by atoms with E-state index in [1.54, 1.807) is 0 Å². The summed E-state index contributed by atoms with van der Waals surface area (Å²) in [5, 5.41) is 24.3. The molecule has 10 nitrogen and oxygen atoms in total. The number of carboxylic acid groups (broad SMARTS) is 2. The Balaban J connectivity index is 1.98. The molecule has 2 rings (SSSR count). The van der Waals surface area contributed by atoms with E-state index in [9.17, 15) is 42.6 Å². The minimum absolute atomic E-state index is 0.0786. The summed E-state index contributed by atoms with van der Waals surface area (Å²) >= 11 is 0. The fraction of sp³-hybridized carbons (Fsp3) is 0.583. The number of hydrogen-bond acceptors (Lipinski definition) is 6. The Morgan fingerprint density at radius 2 is 1.78 bits per heavy atom. The van der Waals surface area contributed by atoms with Crippen LogP contribution >= 0.6 is 0 Å². The van der Waals surface area contributed by atoms with Crippen molar-refractivity contribution in [1.29, 1.82) is 0 Å². The van der Waals surface area contributed by atoms with Crippen molar-refractivity contribution < 1.29 is 42.6 Å². The van der Waals surface area contributed by atoms with E-state index in [2.05, 4.69) is 10.6 Å². The maximum atomic E-state index is 13.8. The van der Waals surface area contributed by atoms with E-state index >= 15 is 0 Å². The number of likely N-dealkylation sites (tertiary alicyclic amines) is 1. The zero-order chi connectivity index (χ0) is 27.9. The van der Waals surface area contributed by atoms with Gasteiger partial charge in [-0.05, 0) is 31.4 Å². The van der Waals surface area contributed by atoms with Crippen molar-refractivity contribution in [3.8, 4) is 0 Å². The third-order valence-corrected chi connectivity index (χ3v) is 6.22. The molecule has 0 radical (unpaired) electrons. The van der Waals surface area contributed by atoms with Crippen molar-refractivity contribution in [2.24, 2.45) is 5.73 Å². The van der Waals surface area contributed by atoms with E-state index in [0.29, 0.717) is 25.0 Å². The van der Waals surface area contributed by atoms with Crippen LogP contribution in [0.25, 0.3) is 0 Å². The second-order valence-electron chi connectivity index (χ2n) is 9.29. The first kappa shape index (κ1) is 30.0. The van der Waals surface area contributed by atoms with Crippen molar-refractivity contribution in [3.05, 3.63) is 35.1 Å². The number of hydrogen-bond donors (Lipinski definition) is 5. The van der Waals surface area contributed by atoms with E-state index in [4.69, 9.17) is 5.73 Å². The summed E-state index contributed by atoms with van der Waals surface area (Å²) in [5.74, 6) is -7.17. The van der Waals surface area contributed by atoms with Crippen LogP contribution in [0.15, 0.2) is 12.1 Å². The smallest absolute Gasteiger partial charge is 0.326 e. The average molecular weight is 531 g/mol.